The Hall–Kier alpha value is -4.95. The molecule has 0 amide bonds. The number of carboxylic acid groups (broad SMARTS) is 1. The second-order valence-electron chi connectivity index (χ2n) is 9.48. The average Bonchev–Trinajstić information content (AvgIpc) is 2.95. The topological polar surface area (TPSA) is 37.3 Å². The fraction of sp³-hybridized carbons (Fsp3) is 0. The molecule has 2 nitrogen and oxygen atoms in total. The molecule has 0 atom stereocenters. The maximum Gasteiger partial charge on any atom is 0.335 e. The zero-order valence-electron chi connectivity index (χ0n) is 20.0. The van der Waals surface area contributed by atoms with Gasteiger partial charge in [0.15, 0.2) is 0 Å². The molecule has 7 aromatic rings. The summed E-state index contributed by atoms with van der Waals surface area (Å²) in [6.45, 7) is 0. The molecule has 1 N–H and O–H groups in total. The van der Waals surface area contributed by atoms with Crippen LogP contribution in [-0.2, 0) is 0 Å². The molecule has 7 rings (SSSR count). The van der Waals surface area contributed by atoms with Crippen LogP contribution >= 0.6 is 0 Å². The van der Waals surface area contributed by atoms with Crippen LogP contribution in [0.3, 0.4) is 0 Å². The Kier molecular flexibility index (Phi) is 4.80. The van der Waals surface area contributed by atoms with E-state index in [9.17, 15) is 9.90 Å². The summed E-state index contributed by atoms with van der Waals surface area (Å²) < 4.78 is 0. The zero-order chi connectivity index (χ0) is 24.9. The van der Waals surface area contributed by atoms with Crippen molar-refractivity contribution in [1.29, 1.82) is 0 Å². The minimum absolute atomic E-state index is 0.286. The van der Waals surface area contributed by atoms with Crippen LogP contribution in [-0.4, -0.2) is 11.1 Å². The number of rotatable bonds is 3. The highest BCUT2D eigenvalue weighted by Crippen LogP contribution is 2.44. The first-order valence-corrected chi connectivity index (χ1v) is 12.4. The monoisotopic (exact) mass is 474 g/mol. The summed E-state index contributed by atoms with van der Waals surface area (Å²) in [5.74, 6) is -0.924. The molecule has 0 fully saturated rings. The van der Waals surface area contributed by atoms with Crippen molar-refractivity contribution in [3.8, 4) is 22.3 Å². The predicted molar refractivity (Wildman–Crippen MR) is 154 cm³/mol. The van der Waals surface area contributed by atoms with Gasteiger partial charge >= 0.3 is 5.97 Å². The predicted octanol–water partition coefficient (Wildman–Crippen LogP) is 9.33. The molecule has 174 valence electrons. The van der Waals surface area contributed by atoms with E-state index in [4.69, 9.17) is 0 Å². The molecule has 0 aliphatic heterocycles. The van der Waals surface area contributed by atoms with E-state index in [1.807, 2.05) is 24.3 Å². The van der Waals surface area contributed by atoms with Crippen molar-refractivity contribution in [2.75, 3.05) is 0 Å². The molecule has 0 heterocycles. The summed E-state index contributed by atoms with van der Waals surface area (Å²) in [7, 11) is 0. The van der Waals surface area contributed by atoms with Crippen LogP contribution in [0.4, 0.5) is 0 Å². The van der Waals surface area contributed by atoms with Crippen LogP contribution in [0, 0.1) is 0 Å². The van der Waals surface area contributed by atoms with Crippen LogP contribution in [0.2, 0.25) is 0 Å². The molecule has 0 bridgehead atoms. The van der Waals surface area contributed by atoms with Crippen molar-refractivity contribution < 1.29 is 9.90 Å². The van der Waals surface area contributed by atoms with E-state index in [2.05, 4.69) is 97.1 Å². The second-order valence-corrected chi connectivity index (χ2v) is 9.48. The SMILES string of the molecule is O=C(O)c1ccc2c(-c3ccc4ccccc4c3)c3ccccc3c(-c3ccc4ccccc4c3)c2c1. The van der Waals surface area contributed by atoms with E-state index < -0.39 is 5.97 Å². The number of carbonyl (C=O) groups is 1. The number of fused-ring (bicyclic) bond motifs is 4. The standard InChI is InChI=1S/C35H22O2/c36-35(37)28-17-18-31-32(21-28)34(27-16-14-23-8-2-4-10-25(23)20-27)30-12-6-5-11-29(30)33(31)26-15-13-22-7-1-3-9-24(22)19-26/h1-21H,(H,36,37). The Morgan fingerprint density at radius 1 is 0.432 bits per heavy atom. The lowest BCUT2D eigenvalue weighted by atomic mass is 9.84. The van der Waals surface area contributed by atoms with Crippen molar-refractivity contribution in [2.45, 2.75) is 0 Å². The molecule has 0 spiro atoms. The first-order valence-electron chi connectivity index (χ1n) is 12.4. The van der Waals surface area contributed by atoms with Gasteiger partial charge in [-0.25, -0.2) is 4.79 Å². The van der Waals surface area contributed by atoms with Gasteiger partial charge in [0.2, 0.25) is 0 Å². The Labute approximate surface area is 214 Å². The normalized spacial score (nSPS) is 11.5. The molecule has 37 heavy (non-hydrogen) atoms. The van der Waals surface area contributed by atoms with Gasteiger partial charge < -0.3 is 5.11 Å². The quantitative estimate of drug-likeness (QED) is 0.259. The number of carboxylic acids is 1. The van der Waals surface area contributed by atoms with Crippen LogP contribution in [0.5, 0.6) is 0 Å². The fourth-order valence-electron chi connectivity index (χ4n) is 5.62. The fourth-order valence-corrected chi connectivity index (χ4v) is 5.62. The first-order chi connectivity index (χ1) is 18.2. The van der Waals surface area contributed by atoms with E-state index in [1.165, 1.54) is 16.2 Å². The highest BCUT2D eigenvalue weighted by molar-refractivity contribution is 6.22. The number of hydrogen-bond acceptors (Lipinski definition) is 1. The summed E-state index contributed by atoms with van der Waals surface area (Å²) in [6, 6.07) is 43.7. The molecule has 0 aromatic heterocycles. The molecule has 7 aromatic carbocycles. The average molecular weight is 475 g/mol. The van der Waals surface area contributed by atoms with Gasteiger partial charge in [-0.15, -0.1) is 0 Å². The lowest BCUT2D eigenvalue weighted by molar-refractivity contribution is 0.0697. The van der Waals surface area contributed by atoms with Crippen LogP contribution in [0.25, 0.3) is 65.3 Å². The van der Waals surface area contributed by atoms with E-state index >= 15 is 0 Å². The molecule has 2 heteroatoms. The third-order valence-corrected chi connectivity index (χ3v) is 7.35. The Balaban J connectivity index is 1.64. The van der Waals surface area contributed by atoms with Crippen LogP contribution in [0.15, 0.2) is 127 Å². The van der Waals surface area contributed by atoms with Crippen molar-refractivity contribution in [2.24, 2.45) is 0 Å². The highest BCUT2D eigenvalue weighted by atomic mass is 16.4. The van der Waals surface area contributed by atoms with E-state index in [0.717, 1.165) is 49.2 Å². The molecule has 0 aliphatic rings. The maximum absolute atomic E-state index is 12.0. The van der Waals surface area contributed by atoms with Gasteiger partial charge in [0.25, 0.3) is 0 Å². The number of benzene rings is 7. The smallest absolute Gasteiger partial charge is 0.335 e. The molecular formula is C35H22O2. The van der Waals surface area contributed by atoms with Gasteiger partial charge in [-0.05, 0) is 89.6 Å². The van der Waals surface area contributed by atoms with E-state index in [0.29, 0.717) is 0 Å². The van der Waals surface area contributed by atoms with Gasteiger partial charge in [0, 0.05) is 0 Å². The summed E-state index contributed by atoms with van der Waals surface area (Å²) in [5, 5.41) is 18.8. The lowest BCUT2D eigenvalue weighted by Crippen LogP contribution is -1.97. The second kappa shape index (κ2) is 8.32. The van der Waals surface area contributed by atoms with Crippen molar-refractivity contribution in [1.82, 2.24) is 0 Å². The first kappa shape index (κ1) is 21.3. The Morgan fingerprint density at radius 2 is 0.892 bits per heavy atom. The van der Waals surface area contributed by atoms with Gasteiger partial charge in [-0.1, -0.05) is 103 Å². The van der Waals surface area contributed by atoms with Gasteiger partial charge in [-0.3, -0.25) is 0 Å². The highest BCUT2D eigenvalue weighted by Gasteiger charge is 2.18. The number of aromatic carboxylic acids is 1. The minimum Gasteiger partial charge on any atom is -0.478 e. The largest absolute Gasteiger partial charge is 0.478 e. The van der Waals surface area contributed by atoms with Gasteiger partial charge in [0.1, 0.15) is 0 Å². The molecular weight excluding hydrogens is 452 g/mol. The number of hydrogen-bond donors (Lipinski definition) is 1. The third-order valence-electron chi connectivity index (χ3n) is 7.35. The third kappa shape index (κ3) is 3.46. The summed E-state index contributed by atoms with van der Waals surface area (Å²) in [4.78, 5) is 12.0. The Morgan fingerprint density at radius 3 is 1.43 bits per heavy atom. The molecule has 0 saturated carbocycles. The molecule has 0 unspecified atom stereocenters. The van der Waals surface area contributed by atoms with Crippen LogP contribution < -0.4 is 0 Å². The maximum atomic E-state index is 12.0. The van der Waals surface area contributed by atoms with Crippen LogP contribution in [0.1, 0.15) is 10.4 Å². The lowest BCUT2D eigenvalue weighted by Gasteiger charge is -2.19. The zero-order valence-corrected chi connectivity index (χ0v) is 20.0. The molecule has 0 saturated heterocycles. The molecule has 0 radical (unpaired) electrons. The van der Waals surface area contributed by atoms with Crippen molar-refractivity contribution in [3.05, 3.63) is 133 Å². The summed E-state index contributed by atoms with van der Waals surface area (Å²) >= 11 is 0. The van der Waals surface area contributed by atoms with Gasteiger partial charge in [-0.2, -0.15) is 0 Å². The summed E-state index contributed by atoms with van der Waals surface area (Å²) in [6.07, 6.45) is 0. The minimum atomic E-state index is -0.924. The Bertz CT molecular complexity index is 2020. The van der Waals surface area contributed by atoms with E-state index in [-0.39, 0.29) is 5.56 Å². The molecule has 0 aliphatic carbocycles. The van der Waals surface area contributed by atoms with Crippen molar-refractivity contribution >= 4 is 49.1 Å². The van der Waals surface area contributed by atoms with Gasteiger partial charge in [0.05, 0.1) is 5.56 Å². The summed E-state index contributed by atoms with van der Waals surface area (Å²) in [5.41, 5.74) is 4.66. The van der Waals surface area contributed by atoms with Crippen molar-refractivity contribution in [3.63, 3.8) is 0 Å². The van der Waals surface area contributed by atoms with E-state index in [1.54, 1.807) is 6.07 Å².